The van der Waals surface area contributed by atoms with Crippen molar-refractivity contribution in [2.45, 2.75) is 0 Å². The number of hydrogen-bond acceptors (Lipinski definition) is 1. The Hall–Kier alpha value is -2.74. The van der Waals surface area contributed by atoms with Crippen molar-refractivity contribution in [2.24, 2.45) is 0 Å². The maximum Gasteiger partial charge on any atom is 0.120 e. The molecule has 2 nitrogen and oxygen atoms in total. The fourth-order valence-electron chi connectivity index (χ4n) is 2.93. The smallest absolute Gasteiger partial charge is 0.120 e. The van der Waals surface area contributed by atoms with Crippen molar-refractivity contribution < 1.29 is 4.74 Å². The molecule has 0 bridgehead atoms. The minimum Gasteiger partial charge on any atom is -0.497 e. The Morgan fingerprint density at radius 2 is 1.43 bits per heavy atom. The number of ether oxygens (including phenoxy) is 1. The molecule has 4 rings (SSSR count). The number of fused-ring (bicyclic) bond motifs is 3. The van der Waals surface area contributed by atoms with Crippen LogP contribution in [-0.4, -0.2) is 11.7 Å². The Morgan fingerprint density at radius 3 is 2.24 bits per heavy atom. The molecule has 3 aromatic carbocycles. The summed E-state index contributed by atoms with van der Waals surface area (Å²) in [5.74, 6) is 0.877. The van der Waals surface area contributed by atoms with Crippen LogP contribution in [0.4, 0.5) is 0 Å². The minimum atomic E-state index is 0.877. The van der Waals surface area contributed by atoms with E-state index in [1.54, 1.807) is 7.11 Å². The molecule has 1 heterocycles. The number of rotatable bonds is 2. The summed E-state index contributed by atoms with van der Waals surface area (Å²) in [4.78, 5) is 0. The van der Waals surface area contributed by atoms with E-state index in [0.717, 1.165) is 11.4 Å². The van der Waals surface area contributed by atoms with E-state index >= 15 is 0 Å². The van der Waals surface area contributed by atoms with Gasteiger partial charge in [0.2, 0.25) is 0 Å². The molecule has 4 aromatic rings. The molecule has 102 valence electrons. The van der Waals surface area contributed by atoms with Crippen LogP contribution in [0.25, 0.3) is 27.5 Å². The molecule has 0 aliphatic carbocycles. The lowest BCUT2D eigenvalue weighted by atomic mass is 10.1. The molecule has 0 N–H and O–H groups in total. The third kappa shape index (κ3) is 1.80. The summed E-state index contributed by atoms with van der Waals surface area (Å²) in [6, 6.07) is 25.2. The zero-order valence-electron chi connectivity index (χ0n) is 11.8. The summed E-state index contributed by atoms with van der Waals surface area (Å²) < 4.78 is 7.68. The van der Waals surface area contributed by atoms with Crippen molar-refractivity contribution in [3.63, 3.8) is 0 Å². The van der Waals surface area contributed by atoms with Gasteiger partial charge in [0.15, 0.2) is 0 Å². The second-order valence-electron chi connectivity index (χ2n) is 5.07. The molecule has 0 amide bonds. The molecule has 21 heavy (non-hydrogen) atoms. The Bertz CT molecular complexity index is 922. The SMILES string of the molecule is COc1ccc2c3ccccc3n(-c3ccccc3)c2c1. The predicted octanol–water partition coefficient (Wildman–Crippen LogP) is 4.79. The number of para-hydroxylation sites is 2. The highest BCUT2D eigenvalue weighted by Crippen LogP contribution is 2.33. The summed E-state index contributed by atoms with van der Waals surface area (Å²) in [5, 5.41) is 2.51. The molecular weight excluding hydrogens is 258 g/mol. The quantitative estimate of drug-likeness (QED) is 0.512. The normalized spacial score (nSPS) is 11.1. The van der Waals surface area contributed by atoms with Crippen molar-refractivity contribution >= 4 is 21.8 Å². The van der Waals surface area contributed by atoms with E-state index in [1.807, 2.05) is 12.1 Å². The zero-order valence-corrected chi connectivity index (χ0v) is 11.8. The highest BCUT2D eigenvalue weighted by Gasteiger charge is 2.12. The molecule has 0 aliphatic heterocycles. The molecule has 0 atom stereocenters. The first kappa shape index (κ1) is 12.0. The topological polar surface area (TPSA) is 14.2 Å². The summed E-state index contributed by atoms with van der Waals surface area (Å²) in [6.07, 6.45) is 0. The van der Waals surface area contributed by atoms with Crippen molar-refractivity contribution in [2.75, 3.05) is 7.11 Å². The number of benzene rings is 3. The molecule has 0 unspecified atom stereocenters. The molecule has 0 saturated carbocycles. The maximum atomic E-state index is 5.40. The fraction of sp³-hybridized carbons (Fsp3) is 0.0526. The third-order valence-corrected chi connectivity index (χ3v) is 3.90. The highest BCUT2D eigenvalue weighted by atomic mass is 16.5. The van der Waals surface area contributed by atoms with Gasteiger partial charge in [0.25, 0.3) is 0 Å². The van der Waals surface area contributed by atoms with Gasteiger partial charge in [-0.1, -0.05) is 36.4 Å². The first-order chi connectivity index (χ1) is 10.4. The largest absolute Gasteiger partial charge is 0.497 e. The van der Waals surface area contributed by atoms with Crippen molar-refractivity contribution in [1.29, 1.82) is 0 Å². The van der Waals surface area contributed by atoms with Gasteiger partial charge in [0.1, 0.15) is 5.75 Å². The van der Waals surface area contributed by atoms with E-state index in [0.29, 0.717) is 0 Å². The summed E-state index contributed by atoms with van der Waals surface area (Å²) in [7, 11) is 1.71. The molecule has 0 saturated heterocycles. The van der Waals surface area contributed by atoms with Gasteiger partial charge >= 0.3 is 0 Å². The Morgan fingerprint density at radius 1 is 0.714 bits per heavy atom. The van der Waals surface area contributed by atoms with Crippen LogP contribution >= 0.6 is 0 Å². The Labute approximate surface area is 123 Å². The van der Waals surface area contributed by atoms with E-state index < -0.39 is 0 Å². The van der Waals surface area contributed by atoms with Crippen LogP contribution in [0.3, 0.4) is 0 Å². The standard InChI is InChI=1S/C19H15NO/c1-21-15-11-12-17-16-9-5-6-10-18(16)20(19(17)13-15)14-7-3-2-4-8-14/h2-13H,1H3. The van der Waals surface area contributed by atoms with Crippen LogP contribution in [0, 0.1) is 0 Å². The van der Waals surface area contributed by atoms with Crippen molar-refractivity contribution in [3.05, 3.63) is 72.8 Å². The second-order valence-corrected chi connectivity index (χ2v) is 5.07. The molecule has 0 spiro atoms. The van der Waals surface area contributed by atoms with Gasteiger partial charge in [-0.2, -0.15) is 0 Å². The van der Waals surface area contributed by atoms with Crippen LogP contribution < -0.4 is 4.74 Å². The number of nitrogens with zero attached hydrogens (tertiary/aromatic N) is 1. The first-order valence-corrected chi connectivity index (χ1v) is 7.01. The van der Waals surface area contributed by atoms with Crippen molar-refractivity contribution in [3.8, 4) is 11.4 Å². The lowest BCUT2D eigenvalue weighted by Gasteiger charge is -2.08. The Balaban J connectivity index is 2.19. The van der Waals surface area contributed by atoms with Gasteiger partial charge in [0, 0.05) is 22.5 Å². The molecule has 0 radical (unpaired) electrons. The average Bonchev–Trinajstić information content (AvgIpc) is 2.89. The van der Waals surface area contributed by atoms with Crippen molar-refractivity contribution in [1.82, 2.24) is 4.57 Å². The van der Waals surface area contributed by atoms with E-state index in [2.05, 4.69) is 65.2 Å². The lowest BCUT2D eigenvalue weighted by Crippen LogP contribution is -1.93. The van der Waals surface area contributed by atoms with Crippen LogP contribution in [0.5, 0.6) is 5.75 Å². The molecular formula is C19H15NO. The zero-order chi connectivity index (χ0) is 14.2. The average molecular weight is 273 g/mol. The molecule has 1 aromatic heterocycles. The highest BCUT2D eigenvalue weighted by molar-refractivity contribution is 6.09. The van der Waals surface area contributed by atoms with Gasteiger partial charge in [0.05, 0.1) is 18.1 Å². The van der Waals surface area contributed by atoms with E-state index in [1.165, 1.54) is 21.8 Å². The van der Waals surface area contributed by atoms with Gasteiger partial charge in [-0.05, 0) is 30.3 Å². The van der Waals surface area contributed by atoms with E-state index in [9.17, 15) is 0 Å². The molecule has 0 fully saturated rings. The Kier molecular flexibility index (Phi) is 2.68. The van der Waals surface area contributed by atoms with E-state index in [-0.39, 0.29) is 0 Å². The van der Waals surface area contributed by atoms with Crippen LogP contribution in [0.2, 0.25) is 0 Å². The fourth-order valence-corrected chi connectivity index (χ4v) is 2.93. The van der Waals surface area contributed by atoms with Crippen LogP contribution in [0.1, 0.15) is 0 Å². The maximum absolute atomic E-state index is 5.40. The summed E-state index contributed by atoms with van der Waals surface area (Å²) in [6.45, 7) is 0. The monoisotopic (exact) mass is 273 g/mol. The lowest BCUT2D eigenvalue weighted by molar-refractivity contribution is 0.415. The first-order valence-electron chi connectivity index (χ1n) is 7.01. The third-order valence-electron chi connectivity index (χ3n) is 3.90. The number of aromatic nitrogens is 1. The van der Waals surface area contributed by atoms with Gasteiger partial charge < -0.3 is 9.30 Å². The summed E-state index contributed by atoms with van der Waals surface area (Å²) >= 11 is 0. The minimum absolute atomic E-state index is 0.877. The number of methoxy groups -OCH3 is 1. The van der Waals surface area contributed by atoms with Crippen LogP contribution in [0.15, 0.2) is 72.8 Å². The van der Waals surface area contributed by atoms with Gasteiger partial charge in [-0.15, -0.1) is 0 Å². The predicted molar refractivity (Wildman–Crippen MR) is 87.3 cm³/mol. The molecule has 0 aliphatic rings. The summed E-state index contributed by atoms with van der Waals surface area (Å²) in [5.41, 5.74) is 3.55. The van der Waals surface area contributed by atoms with Gasteiger partial charge in [-0.25, -0.2) is 0 Å². The van der Waals surface area contributed by atoms with Gasteiger partial charge in [-0.3, -0.25) is 0 Å². The van der Waals surface area contributed by atoms with E-state index in [4.69, 9.17) is 4.74 Å². The van der Waals surface area contributed by atoms with Crippen LogP contribution in [-0.2, 0) is 0 Å². The number of hydrogen-bond donors (Lipinski definition) is 0. The second kappa shape index (κ2) is 4.67. The molecule has 2 heteroatoms.